The third-order valence-electron chi connectivity index (χ3n) is 5.02. The Bertz CT molecular complexity index is 349. The first-order valence-electron chi connectivity index (χ1n) is 8.51. The maximum Gasteiger partial charge on any atom is 0.323 e. The van der Waals surface area contributed by atoms with Crippen LogP contribution in [0.25, 0.3) is 0 Å². The van der Waals surface area contributed by atoms with Crippen molar-refractivity contribution in [1.29, 1.82) is 0 Å². The highest BCUT2D eigenvalue weighted by molar-refractivity contribution is 5.78. The molecule has 0 aliphatic carbocycles. The van der Waals surface area contributed by atoms with Gasteiger partial charge in [0.1, 0.15) is 12.1 Å². The van der Waals surface area contributed by atoms with Gasteiger partial charge in [0.15, 0.2) is 0 Å². The Balaban J connectivity index is 1.34. The molecule has 0 spiro atoms. The highest BCUT2D eigenvalue weighted by Crippen LogP contribution is 2.24. The first-order chi connectivity index (χ1) is 10.2. The smallest absolute Gasteiger partial charge is 0.323 e. The molecule has 3 fully saturated rings. The van der Waals surface area contributed by atoms with Crippen molar-refractivity contribution in [3.05, 3.63) is 0 Å². The number of hydrogen-bond donors (Lipinski definition) is 0. The maximum absolute atomic E-state index is 11.8. The summed E-state index contributed by atoms with van der Waals surface area (Å²) in [6.45, 7) is 8.31. The lowest BCUT2D eigenvalue weighted by Gasteiger charge is -2.34. The van der Waals surface area contributed by atoms with Crippen LogP contribution in [0.3, 0.4) is 0 Å². The standard InChI is InChI=1S/C16H28N2O3/c1-13-12-15(16(19)21-13)18-8-4-14(5-9-18)20-11-10-17-6-2-3-7-17/h13-15H,2-12H2,1H3/t13-,15+/m0/s1. The molecule has 0 amide bonds. The van der Waals surface area contributed by atoms with Crippen LogP contribution in [0.1, 0.15) is 39.0 Å². The molecule has 0 bridgehead atoms. The van der Waals surface area contributed by atoms with E-state index in [9.17, 15) is 4.79 Å². The molecule has 3 aliphatic heterocycles. The molecule has 3 heterocycles. The minimum absolute atomic E-state index is 0.00875. The number of carbonyl (C=O) groups is 1. The van der Waals surface area contributed by atoms with Gasteiger partial charge in [-0.15, -0.1) is 0 Å². The van der Waals surface area contributed by atoms with Crippen LogP contribution in [-0.4, -0.2) is 73.3 Å². The lowest BCUT2D eigenvalue weighted by molar-refractivity contribution is -0.145. The third-order valence-corrected chi connectivity index (χ3v) is 5.02. The second-order valence-electron chi connectivity index (χ2n) is 6.65. The summed E-state index contributed by atoms with van der Waals surface area (Å²) in [5.41, 5.74) is 0. The molecular weight excluding hydrogens is 268 g/mol. The fourth-order valence-electron chi connectivity index (χ4n) is 3.74. The van der Waals surface area contributed by atoms with Crippen molar-refractivity contribution < 1.29 is 14.3 Å². The van der Waals surface area contributed by atoms with Gasteiger partial charge in [0.25, 0.3) is 0 Å². The fraction of sp³-hybridized carbons (Fsp3) is 0.938. The molecule has 0 aromatic carbocycles. The minimum atomic E-state index is -0.0316. The lowest BCUT2D eigenvalue weighted by atomic mass is 10.0. The van der Waals surface area contributed by atoms with Crippen LogP contribution in [-0.2, 0) is 14.3 Å². The van der Waals surface area contributed by atoms with Gasteiger partial charge in [0, 0.05) is 26.1 Å². The van der Waals surface area contributed by atoms with Gasteiger partial charge in [0.2, 0.25) is 0 Å². The Hall–Kier alpha value is -0.650. The number of rotatable bonds is 5. The normalized spacial score (nSPS) is 32.7. The number of cyclic esters (lactones) is 1. The molecule has 0 saturated carbocycles. The molecule has 21 heavy (non-hydrogen) atoms. The number of piperidine rings is 1. The van der Waals surface area contributed by atoms with Gasteiger partial charge in [-0.05, 0) is 45.7 Å². The minimum Gasteiger partial charge on any atom is -0.461 e. The highest BCUT2D eigenvalue weighted by Gasteiger charge is 2.37. The summed E-state index contributed by atoms with van der Waals surface area (Å²) in [6, 6.07) is -0.00875. The molecular formula is C16H28N2O3. The molecule has 5 nitrogen and oxygen atoms in total. The van der Waals surface area contributed by atoms with Crippen LogP contribution in [0, 0.1) is 0 Å². The Morgan fingerprint density at radius 2 is 1.90 bits per heavy atom. The number of carbonyl (C=O) groups excluding carboxylic acids is 1. The van der Waals surface area contributed by atoms with Crippen molar-refractivity contribution in [3.8, 4) is 0 Å². The number of ether oxygens (including phenoxy) is 2. The van der Waals surface area contributed by atoms with E-state index in [1.165, 1.54) is 25.9 Å². The molecule has 0 radical (unpaired) electrons. The monoisotopic (exact) mass is 296 g/mol. The molecule has 3 aliphatic rings. The van der Waals surface area contributed by atoms with Gasteiger partial charge in [-0.3, -0.25) is 9.69 Å². The van der Waals surface area contributed by atoms with Crippen LogP contribution in [0.15, 0.2) is 0 Å². The fourth-order valence-corrected chi connectivity index (χ4v) is 3.74. The average Bonchev–Trinajstić information content (AvgIpc) is 3.09. The number of likely N-dealkylation sites (tertiary alicyclic amines) is 2. The first kappa shape index (κ1) is 15.3. The molecule has 0 aromatic rings. The van der Waals surface area contributed by atoms with Crippen molar-refractivity contribution in [2.75, 3.05) is 39.3 Å². The molecule has 0 unspecified atom stereocenters. The van der Waals surface area contributed by atoms with Crippen molar-refractivity contribution in [1.82, 2.24) is 9.80 Å². The van der Waals surface area contributed by atoms with E-state index in [0.717, 1.165) is 45.5 Å². The van der Waals surface area contributed by atoms with E-state index in [2.05, 4.69) is 9.80 Å². The van der Waals surface area contributed by atoms with Gasteiger partial charge in [-0.2, -0.15) is 0 Å². The second kappa shape index (κ2) is 7.07. The third kappa shape index (κ3) is 3.96. The van der Waals surface area contributed by atoms with E-state index >= 15 is 0 Å². The summed E-state index contributed by atoms with van der Waals surface area (Å²) in [6.07, 6.45) is 6.06. The molecule has 5 heteroatoms. The molecule has 0 aromatic heterocycles. The predicted molar refractivity (Wildman–Crippen MR) is 80.2 cm³/mol. The maximum atomic E-state index is 11.8. The van der Waals surface area contributed by atoms with E-state index in [-0.39, 0.29) is 18.1 Å². The predicted octanol–water partition coefficient (Wildman–Crippen LogP) is 1.27. The second-order valence-corrected chi connectivity index (χ2v) is 6.65. The summed E-state index contributed by atoms with van der Waals surface area (Å²) in [5.74, 6) is -0.0316. The van der Waals surface area contributed by atoms with Crippen molar-refractivity contribution in [2.45, 2.75) is 57.3 Å². The molecule has 2 atom stereocenters. The SMILES string of the molecule is C[C@H]1C[C@@H](N2CCC(OCCN3CCCC3)CC2)C(=O)O1. The van der Waals surface area contributed by atoms with Gasteiger partial charge in [-0.1, -0.05) is 0 Å². The quantitative estimate of drug-likeness (QED) is 0.715. The molecule has 0 N–H and O–H groups in total. The Morgan fingerprint density at radius 3 is 2.52 bits per heavy atom. The Labute approximate surface area is 127 Å². The zero-order valence-corrected chi connectivity index (χ0v) is 13.1. The van der Waals surface area contributed by atoms with Crippen LogP contribution < -0.4 is 0 Å². The summed E-state index contributed by atoms with van der Waals surface area (Å²) >= 11 is 0. The van der Waals surface area contributed by atoms with Crippen LogP contribution in [0.2, 0.25) is 0 Å². The van der Waals surface area contributed by atoms with Gasteiger partial charge >= 0.3 is 5.97 Å². The van der Waals surface area contributed by atoms with Crippen molar-refractivity contribution in [3.63, 3.8) is 0 Å². The van der Waals surface area contributed by atoms with Gasteiger partial charge in [0.05, 0.1) is 12.7 Å². The summed E-state index contributed by atoms with van der Waals surface area (Å²) in [4.78, 5) is 16.6. The highest BCUT2D eigenvalue weighted by atomic mass is 16.6. The van der Waals surface area contributed by atoms with Crippen LogP contribution >= 0.6 is 0 Å². The largest absolute Gasteiger partial charge is 0.461 e. The van der Waals surface area contributed by atoms with Gasteiger partial charge < -0.3 is 14.4 Å². The number of esters is 1. The zero-order chi connectivity index (χ0) is 14.7. The summed E-state index contributed by atoms with van der Waals surface area (Å²) in [5, 5.41) is 0. The lowest BCUT2D eigenvalue weighted by Crippen LogP contribution is -2.45. The Kier molecular flexibility index (Phi) is 5.14. The first-order valence-corrected chi connectivity index (χ1v) is 8.51. The number of hydrogen-bond acceptors (Lipinski definition) is 5. The van der Waals surface area contributed by atoms with Crippen molar-refractivity contribution in [2.24, 2.45) is 0 Å². The van der Waals surface area contributed by atoms with E-state index in [1.807, 2.05) is 6.92 Å². The van der Waals surface area contributed by atoms with Crippen LogP contribution in [0.5, 0.6) is 0 Å². The topological polar surface area (TPSA) is 42.0 Å². The summed E-state index contributed by atoms with van der Waals surface area (Å²) in [7, 11) is 0. The molecule has 3 saturated heterocycles. The van der Waals surface area contributed by atoms with Crippen molar-refractivity contribution >= 4 is 5.97 Å². The Morgan fingerprint density at radius 1 is 1.19 bits per heavy atom. The van der Waals surface area contributed by atoms with Gasteiger partial charge in [-0.25, -0.2) is 0 Å². The van der Waals surface area contributed by atoms with E-state index in [1.54, 1.807) is 0 Å². The van der Waals surface area contributed by atoms with Crippen LogP contribution in [0.4, 0.5) is 0 Å². The van der Waals surface area contributed by atoms with E-state index in [4.69, 9.17) is 9.47 Å². The summed E-state index contributed by atoms with van der Waals surface area (Å²) < 4.78 is 11.3. The molecule has 120 valence electrons. The average molecular weight is 296 g/mol. The molecule has 3 rings (SSSR count). The van der Waals surface area contributed by atoms with E-state index in [0.29, 0.717) is 6.10 Å². The zero-order valence-electron chi connectivity index (χ0n) is 13.1. The van der Waals surface area contributed by atoms with E-state index < -0.39 is 0 Å². The number of nitrogens with zero attached hydrogens (tertiary/aromatic N) is 2.